The van der Waals surface area contributed by atoms with E-state index in [0.29, 0.717) is 17.3 Å². The van der Waals surface area contributed by atoms with Crippen molar-refractivity contribution < 1.29 is 14.7 Å². The van der Waals surface area contributed by atoms with E-state index in [0.717, 1.165) is 19.5 Å². The van der Waals surface area contributed by atoms with Crippen LogP contribution in [-0.4, -0.2) is 40.1 Å². The molecule has 1 unspecified atom stereocenters. The van der Waals surface area contributed by atoms with Crippen LogP contribution in [0.3, 0.4) is 0 Å². The van der Waals surface area contributed by atoms with E-state index in [4.69, 9.17) is 5.11 Å². The molecule has 0 bridgehead atoms. The summed E-state index contributed by atoms with van der Waals surface area (Å²) in [5.74, 6) is -0.573. The molecule has 2 rings (SSSR count). The van der Waals surface area contributed by atoms with Crippen molar-refractivity contribution in [2.45, 2.75) is 20.3 Å². The van der Waals surface area contributed by atoms with Crippen LogP contribution in [0.5, 0.6) is 0 Å². The number of H-pyrrole nitrogens is 1. The number of hydrogen-bond donors (Lipinski definition) is 3. The Labute approximate surface area is 105 Å². The van der Waals surface area contributed by atoms with Gasteiger partial charge in [-0.3, -0.25) is 0 Å². The van der Waals surface area contributed by atoms with E-state index >= 15 is 0 Å². The Hall–Kier alpha value is -1.98. The van der Waals surface area contributed by atoms with Gasteiger partial charge in [-0.2, -0.15) is 0 Å². The first-order chi connectivity index (χ1) is 8.47. The molecule has 1 atom stereocenters. The van der Waals surface area contributed by atoms with E-state index < -0.39 is 5.97 Å². The van der Waals surface area contributed by atoms with Crippen LogP contribution in [0.1, 0.15) is 29.5 Å². The van der Waals surface area contributed by atoms with Crippen molar-refractivity contribution in [3.8, 4) is 0 Å². The number of nitrogens with zero attached hydrogens (tertiary/aromatic N) is 1. The second-order valence-electron chi connectivity index (χ2n) is 4.82. The minimum absolute atomic E-state index is 0.0214. The molecule has 3 N–H and O–H groups in total. The lowest BCUT2D eigenvalue weighted by Gasteiger charge is -2.16. The normalized spacial score (nSPS) is 19.0. The lowest BCUT2D eigenvalue weighted by atomic mass is 10.2. The van der Waals surface area contributed by atoms with Gasteiger partial charge in [0, 0.05) is 18.8 Å². The number of aromatic carboxylic acids is 1. The number of amides is 2. The summed E-state index contributed by atoms with van der Waals surface area (Å²) in [6.45, 7) is 5.28. The fourth-order valence-corrected chi connectivity index (χ4v) is 2.17. The molecular formula is C12H17N3O3. The van der Waals surface area contributed by atoms with E-state index in [1.165, 1.54) is 0 Å². The topological polar surface area (TPSA) is 85.4 Å². The number of urea groups is 1. The third-order valence-corrected chi connectivity index (χ3v) is 3.12. The van der Waals surface area contributed by atoms with Crippen molar-refractivity contribution in [3.63, 3.8) is 0 Å². The second-order valence-corrected chi connectivity index (χ2v) is 4.82. The Morgan fingerprint density at radius 1 is 1.56 bits per heavy atom. The Bertz CT molecular complexity index is 481. The quantitative estimate of drug-likeness (QED) is 0.750. The number of aromatic amines is 1. The van der Waals surface area contributed by atoms with Gasteiger partial charge in [0.05, 0.1) is 5.69 Å². The zero-order valence-corrected chi connectivity index (χ0v) is 10.5. The number of carboxylic acid groups (broad SMARTS) is 1. The number of carboxylic acids is 1. The number of hydrogen-bond acceptors (Lipinski definition) is 2. The predicted molar refractivity (Wildman–Crippen MR) is 66.9 cm³/mol. The Morgan fingerprint density at radius 2 is 2.28 bits per heavy atom. The lowest BCUT2D eigenvalue weighted by Crippen LogP contribution is -2.33. The van der Waals surface area contributed by atoms with Gasteiger partial charge in [0.15, 0.2) is 0 Å². The molecule has 2 amide bonds. The molecule has 0 radical (unpaired) electrons. The van der Waals surface area contributed by atoms with Gasteiger partial charge < -0.3 is 20.3 Å². The molecule has 1 aliphatic rings. The van der Waals surface area contributed by atoms with Gasteiger partial charge in [-0.25, -0.2) is 9.59 Å². The molecule has 2 heterocycles. The monoisotopic (exact) mass is 251 g/mol. The maximum absolute atomic E-state index is 12.0. The summed E-state index contributed by atoms with van der Waals surface area (Å²) in [4.78, 5) is 27.4. The molecule has 1 aliphatic heterocycles. The van der Waals surface area contributed by atoms with Gasteiger partial charge in [-0.05, 0) is 25.3 Å². The molecular weight excluding hydrogens is 234 g/mol. The average molecular weight is 251 g/mol. The summed E-state index contributed by atoms with van der Waals surface area (Å²) >= 11 is 0. The van der Waals surface area contributed by atoms with Gasteiger partial charge in [-0.15, -0.1) is 0 Å². The van der Waals surface area contributed by atoms with Gasteiger partial charge in [0.2, 0.25) is 0 Å². The zero-order valence-electron chi connectivity index (χ0n) is 10.5. The summed E-state index contributed by atoms with van der Waals surface area (Å²) in [7, 11) is 0. The number of carbonyl (C=O) groups is 2. The standard InChI is InChI=1S/C12H17N3O3/c1-7-3-4-15(6-7)12(18)14-9-5-8(2)13-10(9)11(16)17/h5,7,13H,3-4,6H2,1-2H3,(H,14,18)(H,16,17). The van der Waals surface area contributed by atoms with Gasteiger partial charge in [0.25, 0.3) is 0 Å². The van der Waals surface area contributed by atoms with Crippen molar-refractivity contribution in [3.05, 3.63) is 17.5 Å². The van der Waals surface area contributed by atoms with Crippen LogP contribution in [0.25, 0.3) is 0 Å². The van der Waals surface area contributed by atoms with Gasteiger partial charge in [-0.1, -0.05) is 6.92 Å². The van der Waals surface area contributed by atoms with Crippen molar-refractivity contribution >= 4 is 17.7 Å². The number of likely N-dealkylation sites (tertiary alicyclic amines) is 1. The highest BCUT2D eigenvalue weighted by atomic mass is 16.4. The summed E-state index contributed by atoms with van der Waals surface area (Å²) in [6.07, 6.45) is 0.991. The van der Waals surface area contributed by atoms with Crippen LogP contribution in [-0.2, 0) is 0 Å². The van der Waals surface area contributed by atoms with Crippen LogP contribution in [0.4, 0.5) is 10.5 Å². The molecule has 6 nitrogen and oxygen atoms in total. The molecule has 1 aromatic rings. The number of carbonyl (C=O) groups excluding carboxylic acids is 1. The summed E-state index contributed by atoms with van der Waals surface area (Å²) < 4.78 is 0. The van der Waals surface area contributed by atoms with Crippen molar-refractivity contribution in [2.24, 2.45) is 5.92 Å². The Morgan fingerprint density at radius 3 is 2.83 bits per heavy atom. The first-order valence-electron chi connectivity index (χ1n) is 5.96. The Balaban J connectivity index is 2.09. The van der Waals surface area contributed by atoms with E-state index in [-0.39, 0.29) is 11.7 Å². The second kappa shape index (κ2) is 4.72. The van der Waals surface area contributed by atoms with E-state index in [1.807, 2.05) is 0 Å². The predicted octanol–water partition coefficient (Wildman–Crippen LogP) is 1.90. The number of aromatic nitrogens is 1. The molecule has 1 fully saturated rings. The van der Waals surface area contributed by atoms with Crippen LogP contribution in [0, 0.1) is 12.8 Å². The molecule has 1 saturated heterocycles. The third kappa shape index (κ3) is 2.47. The van der Waals surface area contributed by atoms with Crippen molar-refractivity contribution in [1.82, 2.24) is 9.88 Å². The molecule has 0 aromatic carbocycles. The first-order valence-corrected chi connectivity index (χ1v) is 5.96. The molecule has 0 aliphatic carbocycles. The lowest BCUT2D eigenvalue weighted by molar-refractivity contribution is 0.0692. The number of nitrogens with one attached hydrogen (secondary N) is 2. The minimum Gasteiger partial charge on any atom is -0.477 e. The smallest absolute Gasteiger partial charge is 0.354 e. The third-order valence-electron chi connectivity index (χ3n) is 3.12. The average Bonchev–Trinajstić information content (AvgIpc) is 2.85. The zero-order chi connectivity index (χ0) is 13.3. The van der Waals surface area contributed by atoms with Gasteiger partial charge in [0.1, 0.15) is 5.69 Å². The first kappa shape index (κ1) is 12.5. The molecule has 0 saturated carbocycles. The summed E-state index contributed by atoms with van der Waals surface area (Å²) in [6, 6.07) is 1.39. The number of rotatable bonds is 2. The number of aryl methyl sites for hydroxylation is 1. The van der Waals surface area contributed by atoms with E-state index in [1.54, 1.807) is 17.9 Å². The molecule has 1 aromatic heterocycles. The van der Waals surface area contributed by atoms with Crippen LogP contribution < -0.4 is 5.32 Å². The SMILES string of the molecule is Cc1cc(NC(=O)N2CCC(C)C2)c(C(=O)O)[nH]1. The highest BCUT2D eigenvalue weighted by Crippen LogP contribution is 2.20. The highest BCUT2D eigenvalue weighted by Gasteiger charge is 2.24. The molecule has 6 heteroatoms. The molecule has 98 valence electrons. The van der Waals surface area contributed by atoms with Crippen LogP contribution in [0.2, 0.25) is 0 Å². The van der Waals surface area contributed by atoms with Crippen LogP contribution in [0.15, 0.2) is 6.07 Å². The summed E-state index contributed by atoms with van der Waals surface area (Å²) in [5, 5.41) is 11.7. The number of anilines is 1. The Kier molecular flexibility index (Phi) is 3.27. The fraction of sp³-hybridized carbons (Fsp3) is 0.500. The molecule has 18 heavy (non-hydrogen) atoms. The largest absolute Gasteiger partial charge is 0.477 e. The van der Waals surface area contributed by atoms with E-state index in [9.17, 15) is 9.59 Å². The summed E-state index contributed by atoms with van der Waals surface area (Å²) in [5.41, 5.74) is 1.05. The highest BCUT2D eigenvalue weighted by molar-refractivity contribution is 5.99. The van der Waals surface area contributed by atoms with Crippen LogP contribution >= 0.6 is 0 Å². The maximum Gasteiger partial charge on any atom is 0.354 e. The fourth-order valence-electron chi connectivity index (χ4n) is 2.17. The molecule has 0 spiro atoms. The van der Waals surface area contributed by atoms with E-state index in [2.05, 4.69) is 17.2 Å². The van der Waals surface area contributed by atoms with Crippen molar-refractivity contribution in [1.29, 1.82) is 0 Å². The van der Waals surface area contributed by atoms with Gasteiger partial charge >= 0.3 is 12.0 Å². The minimum atomic E-state index is -1.08. The maximum atomic E-state index is 12.0. The van der Waals surface area contributed by atoms with Crippen molar-refractivity contribution in [2.75, 3.05) is 18.4 Å².